The van der Waals surface area contributed by atoms with Crippen LogP contribution in [0.25, 0.3) is 33.6 Å². The lowest BCUT2D eigenvalue weighted by Crippen LogP contribution is -2.51. The first-order valence-corrected chi connectivity index (χ1v) is 13.9. The van der Waals surface area contributed by atoms with Gasteiger partial charge in [0.15, 0.2) is 9.84 Å². The van der Waals surface area contributed by atoms with Gasteiger partial charge in [0.05, 0.1) is 28.6 Å². The lowest BCUT2D eigenvalue weighted by atomic mass is 10.1. The molecule has 1 amide bonds. The number of pyridine rings is 1. The van der Waals surface area contributed by atoms with Crippen molar-refractivity contribution in [2.24, 2.45) is 0 Å². The number of hydrogen-bond acceptors (Lipinski definition) is 7. The summed E-state index contributed by atoms with van der Waals surface area (Å²) in [5.41, 5.74) is 3.60. The van der Waals surface area contributed by atoms with E-state index in [9.17, 15) is 17.6 Å². The first-order chi connectivity index (χ1) is 18.9. The van der Waals surface area contributed by atoms with E-state index in [1.807, 2.05) is 12.1 Å². The highest BCUT2D eigenvalue weighted by Crippen LogP contribution is 2.28. The number of fused-ring (bicyclic) bond motifs is 1. The molecule has 0 aliphatic carbocycles. The molecule has 5 aromatic rings. The van der Waals surface area contributed by atoms with Gasteiger partial charge in [0.25, 0.3) is 0 Å². The minimum Gasteiger partial charge on any atom is -0.443 e. The summed E-state index contributed by atoms with van der Waals surface area (Å²) in [5.74, 6) is -0.291. The molecule has 198 valence electrons. The Hall–Kier alpha value is -4.35. The van der Waals surface area contributed by atoms with Crippen LogP contribution in [0.15, 0.2) is 88.6 Å². The molecule has 2 aromatic carbocycles. The monoisotopic (exact) mass is 545 g/mol. The lowest BCUT2D eigenvalue weighted by molar-refractivity contribution is -0.121. The van der Waals surface area contributed by atoms with E-state index in [-0.39, 0.29) is 30.1 Å². The summed E-state index contributed by atoms with van der Waals surface area (Å²) in [7, 11) is -3.32. The van der Waals surface area contributed by atoms with Crippen LogP contribution in [0.2, 0.25) is 0 Å². The van der Waals surface area contributed by atoms with Crippen molar-refractivity contribution in [3.05, 3.63) is 90.8 Å². The smallest absolute Gasteiger partial charge is 0.243 e. The molecule has 0 bridgehead atoms. The Bertz CT molecular complexity index is 1740. The Morgan fingerprint density at radius 3 is 2.51 bits per heavy atom. The zero-order valence-corrected chi connectivity index (χ0v) is 21.5. The van der Waals surface area contributed by atoms with Crippen LogP contribution < -0.4 is 10.6 Å². The maximum absolute atomic E-state index is 13.8. The summed E-state index contributed by atoms with van der Waals surface area (Å²) in [6, 6.07) is 16.6. The standard InChI is InChI=1S/C28H24FN5O4S/c29-21-4-8-25-20(11-21)12-26(28-31-9-10-38-28)34(25)17-27(35)33-14-22-5-1-19(13-32-22)18-2-6-23(7-3-18)39(36,37)24-15-30-16-24/h1-13,24,30H,14-17H2,(H,33,35). The lowest BCUT2D eigenvalue weighted by Gasteiger charge is -2.26. The van der Waals surface area contributed by atoms with E-state index in [2.05, 4.69) is 20.6 Å². The normalized spacial score (nSPS) is 13.9. The van der Waals surface area contributed by atoms with Crippen LogP contribution in [0.1, 0.15) is 5.69 Å². The maximum Gasteiger partial charge on any atom is 0.243 e. The van der Waals surface area contributed by atoms with Crippen LogP contribution in [-0.4, -0.2) is 47.2 Å². The van der Waals surface area contributed by atoms with Crippen LogP contribution in [0.4, 0.5) is 4.39 Å². The topological polar surface area (TPSA) is 119 Å². The molecule has 4 heterocycles. The van der Waals surface area contributed by atoms with Gasteiger partial charge in [-0.3, -0.25) is 9.78 Å². The van der Waals surface area contributed by atoms with E-state index in [4.69, 9.17) is 4.42 Å². The number of sulfone groups is 1. The Balaban J connectivity index is 1.12. The van der Waals surface area contributed by atoms with E-state index in [0.717, 1.165) is 11.1 Å². The summed E-state index contributed by atoms with van der Waals surface area (Å²) in [6.45, 7) is 1.16. The number of aromatic nitrogens is 3. The van der Waals surface area contributed by atoms with Crippen molar-refractivity contribution in [2.45, 2.75) is 23.2 Å². The summed E-state index contributed by atoms with van der Waals surface area (Å²) < 4.78 is 46.1. The van der Waals surface area contributed by atoms with Gasteiger partial charge in [0, 0.05) is 35.8 Å². The second-order valence-electron chi connectivity index (χ2n) is 9.32. The number of carbonyl (C=O) groups is 1. The number of rotatable bonds is 8. The zero-order chi connectivity index (χ0) is 27.0. The maximum atomic E-state index is 13.8. The van der Waals surface area contributed by atoms with Gasteiger partial charge in [0.2, 0.25) is 11.8 Å². The van der Waals surface area contributed by atoms with E-state index in [1.165, 1.54) is 24.6 Å². The molecule has 9 nitrogen and oxygen atoms in total. The van der Waals surface area contributed by atoms with Crippen molar-refractivity contribution < 1.29 is 22.0 Å². The zero-order valence-electron chi connectivity index (χ0n) is 20.7. The SMILES string of the molecule is O=C(Cn1c(-c2ncco2)cc2cc(F)ccc21)NCc1ccc(-c2ccc(S(=O)(=O)C3CNC3)cc2)cn1. The van der Waals surface area contributed by atoms with Crippen LogP contribution >= 0.6 is 0 Å². The largest absolute Gasteiger partial charge is 0.443 e. The minimum absolute atomic E-state index is 0.0168. The average molecular weight is 546 g/mol. The Kier molecular flexibility index (Phi) is 6.45. The highest BCUT2D eigenvalue weighted by Gasteiger charge is 2.32. The number of benzene rings is 2. The van der Waals surface area contributed by atoms with Crippen molar-refractivity contribution in [1.82, 2.24) is 25.2 Å². The van der Waals surface area contributed by atoms with E-state index >= 15 is 0 Å². The number of amides is 1. The number of nitrogens with zero attached hydrogens (tertiary/aromatic N) is 3. The molecule has 1 fully saturated rings. The molecule has 11 heteroatoms. The van der Waals surface area contributed by atoms with E-state index in [0.29, 0.717) is 46.2 Å². The molecular weight excluding hydrogens is 521 g/mol. The second-order valence-corrected chi connectivity index (χ2v) is 11.5. The van der Waals surface area contributed by atoms with Crippen molar-refractivity contribution in [1.29, 1.82) is 0 Å². The molecule has 0 radical (unpaired) electrons. The Morgan fingerprint density at radius 2 is 1.85 bits per heavy atom. The van der Waals surface area contributed by atoms with Crippen molar-refractivity contribution >= 4 is 26.6 Å². The van der Waals surface area contributed by atoms with Gasteiger partial charge in [0.1, 0.15) is 24.3 Å². The van der Waals surface area contributed by atoms with Crippen LogP contribution in [0, 0.1) is 5.82 Å². The predicted molar refractivity (Wildman–Crippen MR) is 143 cm³/mol. The van der Waals surface area contributed by atoms with Crippen LogP contribution in [0.5, 0.6) is 0 Å². The van der Waals surface area contributed by atoms with Gasteiger partial charge in [-0.05, 0) is 48.0 Å². The Labute approximate surface area is 223 Å². The minimum atomic E-state index is -3.32. The number of oxazole rings is 1. The highest BCUT2D eigenvalue weighted by molar-refractivity contribution is 7.92. The molecule has 3 aromatic heterocycles. The van der Waals surface area contributed by atoms with E-state index in [1.54, 1.807) is 47.2 Å². The Morgan fingerprint density at radius 1 is 1.05 bits per heavy atom. The van der Waals surface area contributed by atoms with Crippen LogP contribution in [-0.2, 0) is 27.7 Å². The van der Waals surface area contributed by atoms with Crippen LogP contribution in [0.3, 0.4) is 0 Å². The van der Waals surface area contributed by atoms with E-state index < -0.39 is 9.84 Å². The fourth-order valence-corrected chi connectivity index (χ4v) is 6.11. The molecule has 0 saturated carbocycles. The molecule has 39 heavy (non-hydrogen) atoms. The first kappa shape index (κ1) is 25.0. The molecule has 2 N–H and O–H groups in total. The number of carbonyl (C=O) groups excluding carboxylic acids is 1. The third kappa shape index (κ3) is 4.93. The molecule has 0 spiro atoms. The van der Waals surface area contributed by atoms with Crippen molar-refractivity contribution in [3.8, 4) is 22.7 Å². The van der Waals surface area contributed by atoms with Gasteiger partial charge in [-0.15, -0.1) is 0 Å². The van der Waals surface area contributed by atoms with Crippen molar-refractivity contribution in [3.63, 3.8) is 0 Å². The average Bonchev–Trinajstić information content (AvgIpc) is 3.55. The number of halogens is 1. The predicted octanol–water partition coefficient (Wildman–Crippen LogP) is 3.56. The number of hydrogen-bond donors (Lipinski definition) is 2. The number of nitrogens with one attached hydrogen (secondary N) is 2. The summed E-state index contributed by atoms with van der Waals surface area (Å²) in [5, 5.41) is 6.13. The molecule has 1 saturated heterocycles. The molecular formula is C28H24FN5O4S. The highest BCUT2D eigenvalue weighted by atomic mass is 32.2. The third-order valence-electron chi connectivity index (χ3n) is 6.81. The molecule has 0 unspecified atom stereocenters. The summed E-state index contributed by atoms with van der Waals surface area (Å²) in [6.07, 6.45) is 4.64. The van der Waals surface area contributed by atoms with Gasteiger partial charge in [-0.25, -0.2) is 17.8 Å². The summed E-state index contributed by atoms with van der Waals surface area (Å²) >= 11 is 0. The van der Waals surface area contributed by atoms with Gasteiger partial charge < -0.3 is 19.6 Å². The molecule has 6 rings (SSSR count). The second kappa shape index (κ2) is 10.1. The van der Waals surface area contributed by atoms with Gasteiger partial charge in [-0.2, -0.15) is 0 Å². The van der Waals surface area contributed by atoms with Gasteiger partial charge in [-0.1, -0.05) is 18.2 Å². The third-order valence-corrected chi connectivity index (χ3v) is 8.95. The fourth-order valence-electron chi connectivity index (χ4n) is 4.54. The molecule has 1 aliphatic rings. The molecule has 0 atom stereocenters. The first-order valence-electron chi connectivity index (χ1n) is 12.3. The fraction of sp³-hybridized carbons (Fsp3) is 0.179. The van der Waals surface area contributed by atoms with Gasteiger partial charge >= 0.3 is 0 Å². The quantitative estimate of drug-likeness (QED) is 0.306. The molecule has 1 aliphatic heterocycles. The van der Waals surface area contributed by atoms with Crippen molar-refractivity contribution in [2.75, 3.05) is 13.1 Å². The summed E-state index contributed by atoms with van der Waals surface area (Å²) in [4.78, 5) is 21.8.